The molecule has 0 aromatic carbocycles. The molecule has 1 saturated heterocycles. The molecule has 1 heterocycles. The summed E-state index contributed by atoms with van der Waals surface area (Å²) in [6.07, 6.45) is 18.2. The number of esters is 2. The Bertz CT molecular complexity index is 1120. The van der Waals surface area contributed by atoms with E-state index < -0.39 is 81.5 Å². The van der Waals surface area contributed by atoms with Gasteiger partial charge in [0.05, 0.1) is 25.6 Å². The SMILES string of the molecule is CCCCCCCCCCCC(O)CC(=O)N[C@@H]1[C@@H](OC(=O)CC(CCCCCCCCCCC)OC(=O)CCCCCCCCC)[C@H](OP(=O)(O)O)[C@@H](CO)O[C@@H]1O. The fourth-order valence-electron chi connectivity index (χ4n) is 7.64. The molecule has 0 aromatic heterocycles. The molecule has 0 bridgehead atoms. The maximum Gasteiger partial charge on any atom is 0.470 e. The van der Waals surface area contributed by atoms with Gasteiger partial charge >= 0.3 is 19.8 Å². The van der Waals surface area contributed by atoms with Gasteiger partial charge in [0.1, 0.15) is 24.4 Å². The number of carbonyl (C=O) groups excluding carboxylic acids is 3. The third kappa shape index (κ3) is 28.6. The van der Waals surface area contributed by atoms with Crippen LogP contribution in [0.25, 0.3) is 0 Å². The van der Waals surface area contributed by atoms with E-state index in [1.807, 2.05) is 0 Å². The lowest BCUT2D eigenvalue weighted by Gasteiger charge is -2.43. The van der Waals surface area contributed by atoms with Crippen molar-refractivity contribution in [2.45, 2.75) is 256 Å². The number of phosphoric acid groups is 1. The van der Waals surface area contributed by atoms with Crippen molar-refractivity contribution >= 4 is 25.7 Å². The van der Waals surface area contributed by atoms with Crippen LogP contribution in [0.15, 0.2) is 0 Å². The Morgan fingerprint density at radius 3 is 1.58 bits per heavy atom. The molecule has 0 radical (unpaired) electrons. The normalized spacial score (nSPS) is 20.6. The van der Waals surface area contributed by atoms with Crippen molar-refractivity contribution in [2.75, 3.05) is 6.61 Å². The Kier molecular flexibility index (Phi) is 32.7. The fraction of sp³-hybridized carbons (Fsp3) is 0.932. The zero-order valence-electron chi connectivity index (χ0n) is 36.9. The largest absolute Gasteiger partial charge is 0.470 e. The second-order valence-corrected chi connectivity index (χ2v) is 17.8. The maximum absolute atomic E-state index is 13.6. The summed E-state index contributed by atoms with van der Waals surface area (Å²) in [4.78, 5) is 59.2. The van der Waals surface area contributed by atoms with Crippen molar-refractivity contribution in [2.24, 2.45) is 0 Å². The van der Waals surface area contributed by atoms with Crippen LogP contribution in [0, 0.1) is 0 Å². The van der Waals surface area contributed by atoms with E-state index in [9.17, 15) is 44.1 Å². The summed E-state index contributed by atoms with van der Waals surface area (Å²) < 4.78 is 33.9. The van der Waals surface area contributed by atoms with Gasteiger partial charge in [-0.2, -0.15) is 0 Å². The van der Waals surface area contributed by atoms with Crippen molar-refractivity contribution in [3.05, 3.63) is 0 Å². The molecule has 1 fully saturated rings. The number of unbranched alkanes of at least 4 members (excludes halogenated alkanes) is 22. The molecule has 1 aliphatic rings. The number of rotatable bonds is 38. The molecule has 348 valence electrons. The predicted molar refractivity (Wildman–Crippen MR) is 228 cm³/mol. The maximum atomic E-state index is 13.6. The van der Waals surface area contributed by atoms with Crippen molar-refractivity contribution in [1.82, 2.24) is 5.32 Å². The van der Waals surface area contributed by atoms with Crippen molar-refractivity contribution < 1.29 is 62.8 Å². The minimum atomic E-state index is -5.28. The van der Waals surface area contributed by atoms with Crippen molar-refractivity contribution in [3.63, 3.8) is 0 Å². The van der Waals surface area contributed by atoms with E-state index in [-0.39, 0.29) is 12.8 Å². The first kappa shape index (κ1) is 55.4. The van der Waals surface area contributed by atoms with Crippen molar-refractivity contribution in [3.8, 4) is 0 Å². The van der Waals surface area contributed by atoms with Gasteiger partial charge in [-0.25, -0.2) is 4.57 Å². The number of hydrogen-bond donors (Lipinski definition) is 6. The van der Waals surface area contributed by atoms with Crippen molar-refractivity contribution in [1.29, 1.82) is 0 Å². The Morgan fingerprint density at radius 1 is 0.644 bits per heavy atom. The van der Waals surface area contributed by atoms with Crippen LogP contribution in [0.4, 0.5) is 0 Å². The Morgan fingerprint density at radius 2 is 1.10 bits per heavy atom. The van der Waals surface area contributed by atoms with Gasteiger partial charge in [-0.3, -0.25) is 18.9 Å². The zero-order valence-corrected chi connectivity index (χ0v) is 37.8. The quantitative estimate of drug-likeness (QED) is 0.0195. The highest BCUT2D eigenvalue weighted by molar-refractivity contribution is 7.46. The van der Waals surface area contributed by atoms with E-state index in [0.717, 1.165) is 77.0 Å². The van der Waals surface area contributed by atoms with Crippen LogP contribution >= 0.6 is 7.82 Å². The van der Waals surface area contributed by atoms with E-state index in [1.165, 1.54) is 70.6 Å². The zero-order chi connectivity index (χ0) is 43.7. The van der Waals surface area contributed by atoms with E-state index in [4.69, 9.17) is 18.7 Å². The minimum Gasteiger partial charge on any atom is -0.462 e. The smallest absolute Gasteiger partial charge is 0.462 e. The van der Waals surface area contributed by atoms with E-state index in [0.29, 0.717) is 25.7 Å². The van der Waals surface area contributed by atoms with E-state index in [2.05, 4.69) is 26.1 Å². The Labute approximate surface area is 355 Å². The fourth-order valence-corrected chi connectivity index (χ4v) is 8.21. The number of carbonyl (C=O) groups is 3. The lowest BCUT2D eigenvalue weighted by Crippen LogP contribution is -2.65. The molecule has 15 heteroatoms. The van der Waals surface area contributed by atoms with Crippen LogP contribution in [0.3, 0.4) is 0 Å². The van der Waals surface area contributed by atoms with E-state index in [1.54, 1.807) is 0 Å². The van der Waals surface area contributed by atoms with Gasteiger partial charge in [0.2, 0.25) is 5.91 Å². The molecule has 0 spiro atoms. The molecular formula is C44H84NO13P. The van der Waals surface area contributed by atoms with Gasteiger partial charge in [0.15, 0.2) is 12.4 Å². The monoisotopic (exact) mass is 866 g/mol. The second kappa shape index (κ2) is 34.9. The molecule has 0 saturated carbocycles. The molecule has 7 atom stereocenters. The summed E-state index contributed by atoms with van der Waals surface area (Å²) >= 11 is 0. The Hall–Kier alpha value is -1.64. The third-order valence-electron chi connectivity index (χ3n) is 11.1. The van der Waals surface area contributed by atoms with E-state index >= 15 is 0 Å². The Balaban J connectivity index is 2.98. The number of phosphoric ester groups is 1. The van der Waals surface area contributed by atoms with Crippen LogP contribution in [0.2, 0.25) is 0 Å². The van der Waals surface area contributed by atoms with Gasteiger partial charge < -0.3 is 44.6 Å². The standard InChI is InChI=1S/C44H84NO13P/c1-4-7-10-13-16-18-21-23-26-29-35(47)32-38(48)45-41-43(42(58-59(52,53)54)37(34-46)56-44(41)51)57-40(50)33-36(30-27-24-22-19-17-14-11-8-5-2)55-39(49)31-28-25-20-15-12-9-6-3/h35-37,41-44,46-47,51H,4-34H2,1-3H3,(H,45,48)(H2,52,53,54)/t35?,36?,37-,41-,42-,43-,44+/m1/s1. The molecule has 6 N–H and O–H groups in total. The minimum absolute atomic E-state index is 0.207. The summed E-state index contributed by atoms with van der Waals surface area (Å²) in [6.45, 7) is 5.66. The topological polar surface area (TPSA) is 218 Å². The predicted octanol–water partition coefficient (Wildman–Crippen LogP) is 8.61. The van der Waals surface area contributed by atoms with Gasteiger partial charge in [0, 0.05) is 6.42 Å². The molecule has 0 aromatic rings. The first-order valence-electron chi connectivity index (χ1n) is 23.4. The van der Waals surface area contributed by atoms with Gasteiger partial charge in [-0.1, -0.05) is 168 Å². The van der Waals surface area contributed by atoms with Gasteiger partial charge in [-0.15, -0.1) is 0 Å². The third-order valence-corrected chi connectivity index (χ3v) is 11.6. The highest BCUT2D eigenvalue weighted by Crippen LogP contribution is 2.42. The number of nitrogens with one attached hydrogen (secondary N) is 1. The molecule has 1 aliphatic heterocycles. The number of amides is 1. The molecule has 59 heavy (non-hydrogen) atoms. The van der Waals surface area contributed by atoms with Crippen LogP contribution in [-0.2, 0) is 37.7 Å². The van der Waals surface area contributed by atoms with Crippen LogP contribution in [0.5, 0.6) is 0 Å². The number of aliphatic hydroxyl groups is 3. The average molecular weight is 866 g/mol. The molecule has 0 aliphatic carbocycles. The molecule has 1 rings (SSSR count). The summed E-state index contributed by atoms with van der Waals surface area (Å²) in [7, 11) is -5.28. The lowest BCUT2D eigenvalue weighted by atomic mass is 9.96. The highest BCUT2D eigenvalue weighted by atomic mass is 31.2. The summed E-state index contributed by atoms with van der Waals surface area (Å²) in [5.74, 6) is -2.07. The van der Waals surface area contributed by atoms with Crippen LogP contribution in [-0.4, -0.2) is 92.4 Å². The molecule has 2 unspecified atom stereocenters. The van der Waals surface area contributed by atoms with Crippen LogP contribution in [0.1, 0.15) is 213 Å². The molecule has 14 nitrogen and oxygen atoms in total. The summed E-state index contributed by atoms with van der Waals surface area (Å²) in [5, 5.41) is 34.1. The number of hydrogen-bond acceptors (Lipinski definition) is 11. The second-order valence-electron chi connectivity index (χ2n) is 16.6. The first-order valence-corrected chi connectivity index (χ1v) is 24.9. The summed E-state index contributed by atoms with van der Waals surface area (Å²) in [6, 6.07) is -1.58. The first-order chi connectivity index (χ1) is 28.3. The average Bonchev–Trinajstić information content (AvgIpc) is 3.17. The van der Waals surface area contributed by atoms with Gasteiger partial charge in [0.25, 0.3) is 0 Å². The molecule has 1 amide bonds. The van der Waals surface area contributed by atoms with Gasteiger partial charge in [-0.05, 0) is 25.7 Å². The van der Waals surface area contributed by atoms with Crippen LogP contribution < -0.4 is 5.32 Å². The molecular weight excluding hydrogens is 781 g/mol. The number of ether oxygens (including phenoxy) is 3. The number of aliphatic hydroxyl groups excluding tert-OH is 3. The highest BCUT2D eigenvalue weighted by Gasteiger charge is 2.51. The summed E-state index contributed by atoms with van der Waals surface area (Å²) in [5.41, 5.74) is 0. The lowest BCUT2D eigenvalue weighted by molar-refractivity contribution is -0.256.